The number of hydrogen-bond acceptors (Lipinski definition) is 3. The van der Waals surface area contributed by atoms with E-state index in [1.165, 1.54) is 6.92 Å². The highest BCUT2D eigenvalue weighted by atomic mass is 16.2. The number of nitrogens with one attached hydrogen (secondary N) is 3. The molecule has 0 aliphatic rings. The fourth-order valence-corrected chi connectivity index (χ4v) is 1.61. The van der Waals surface area contributed by atoms with Crippen LogP contribution in [0.2, 0.25) is 0 Å². The molecule has 0 spiro atoms. The number of carbonyl (C=O) groups is 2. The smallest absolute Gasteiger partial charge is 0.242 e. The zero-order chi connectivity index (χ0) is 13.5. The van der Waals surface area contributed by atoms with Crippen molar-refractivity contribution >= 4 is 11.8 Å². The number of imidazole rings is 1. The van der Waals surface area contributed by atoms with E-state index < -0.39 is 6.04 Å². The van der Waals surface area contributed by atoms with Gasteiger partial charge in [0.2, 0.25) is 11.8 Å². The molecule has 2 amide bonds. The molecular formula is C12H20N4O2. The van der Waals surface area contributed by atoms with Crippen LogP contribution in [0, 0.1) is 5.92 Å². The van der Waals surface area contributed by atoms with E-state index >= 15 is 0 Å². The van der Waals surface area contributed by atoms with Crippen LogP contribution >= 0.6 is 0 Å². The summed E-state index contributed by atoms with van der Waals surface area (Å²) in [5.41, 5.74) is 0.968. The largest absolute Gasteiger partial charge is 0.354 e. The maximum Gasteiger partial charge on any atom is 0.242 e. The van der Waals surface area contributed by atoms with E-state index in [2.05, 4.69) is 20.6 Å². The third kappa shape index (κ3) is 4.57. The lowest BCUT2D eigenvalue weighted by molar-refractivity contribution is -0.129. The van der Waals surface area contributed by atoms with Crippen LogP contribution in [-0.2, 0) is 16.0 Å². The van der Waals surface area contributed by atoms with Crippen molar-refractivity contribution in [1.82, 2.24) is 20.6 Å². The Labute approximate surface area is 107 Å². The molecule has 0 aliphatic carbocycles. The molecular weight excluding hydrogens is 232 g/mol. The summed E-state index contributed by atoms with van der Waals surface area (Å²) in [5.74, 6) is -0.293. The fraction of sp³-hybridized carbons (Fsp3) is 0.583. The lowest BCUT2D eigenvalue weighted by Crippen LogP contribution is -2.49. The Bertz CT molecular complexity index is 387. The highest BCUT2D eigenvalue weighted by molar-refractivity contribution is 5.86. The maximum atomic E-state index is 11.9. The Morgan fingerprint density at radius 1 is 1.44 bits per heavy atom. The first-order valence-electron chi connectivity index (χ1n) is 6.02. The highest BCUT2D eigenvalue weighted by Gasteiger charge is 2.22. The van der Waals surface area contributed by atoms with Gasteiger partial charge in [-0.25, -0.2) is 4.98 Å². The minimum Gasteiger partial charge on any atom is -0.354 e. The molecule has 1 rings (SSSR count). The molecule has 1 aromatic heterocycles. The zero-order valence-corrected chi connectivity index (χ0v) is 11.0. The molecule has 0 bridgehead atoms. The molecule has 100 valence electrons. The molecule has 0 fully saturated rings. The van der Waals surface area contributed by atoms with E-state index in [1.807, 2.05) is 13.8 Å². The van der Waals surface area contributed by atoms with Crippen LogP contribution in [0.4, 0.5) is 0 Å². The molecule has 6 nitrogen and oxygen atoms in total. The molecule has 0 aliphatic heterocycles. The van der Waals surface area contributed by atoms with Crippen molar-refractivity contribution in [3.05, 3.63) is 18.2 Å². The number of hydrogen-bond donors (Lipinski definition) is 3. The van der Waals surface area contributed by atoms with Gasteiger partial charge in [0.05, 0.1) is 6.33 Å². The second kappa shape index (κ2) is 6.78. The Morgan fingerprint density at radius 2 is 2.17 bits per heavy atom. The third-order valence-corrected chi connectivity index (χ3v) is 2.56. The number of carbonyl (C=O) groups excluding carboxylic acids is 2. The van der Waals surface area contributed by atoms with E-state index in [1.54, 1.807) is 12.5 Å². The summed E-state index contributed by atoms with van der Waals surface area (Å²) in [7, 11) is 0. The fourth-order valence-electron chi connectivity index (χ4n) is 1.61. The minimum absolute atomic E-state index is 0.0565. The predicted molar refractivity (Wildman–Crippen MR) is 67.7 cm³/mol. The summed E-state index contributed by atoms with van der Waals surface area (Å²) in [4.78, 5) is 29.8. The van der Waals surface area contributed by atoms with E-state index in [9.17, 15) is 9.59 Å². The van der Waals surface area contributed by atoms with Gasteiger partial charge in [0.1, 0.15) is 6.04 Å². The van der Waals surface area contributed by atoms with E-state index in [-0.39, 0.29) is 17.7 Å². The Balaban J connectivity index is 2.39. The van der Waals surface area contributed by atoms with Gasteiger partial charge in [-0.2, -0.15) is 0 Å². The van der Waals surface area contributed by atoms with Gasteiger partial charge >= 0.3 is 0 Å². The summed E-state index contributed by atoms with van der Waals surface area (Å²) in [6.07, 6.45) is 4.02. The molecule has 3 N–H and O–H groups in total. The van der Waals surface area contributed by atoms with E-state index in [0.717, 1.165) is 5.69 Å². The van der Waals surface area contributed by atoms with E-state index in [4.69, 9.17) is 0 Å². The van der Waals surface area contributed by atoms with Gasteiger partial charge in [0, 0.05) is 31.8 Å². The molecule has 0 saturated carbocycles. The van der Waals surface area contributed by atoms with Crippen molar-refractivity contribution in [2.45, 2.75) is 33.2 Å². The van der Waals surface area contributed by atoms with Crippen LogP contribution < -0.4 is 10.6 Å². The van der Waals surface area contributed by atoms with Crippen LogP contribution in [0.5, 0.6) is 0 Å². The van der Waals surface area contributed by atoms with Crippen LogP contribution in [0.25, 0.3) is 0 Å². The number of H-pyrrole nitrogens is 1. The predicted octanol–water partition coefficient (Wildman–Crippen LogP) is 0.229. The molecule has 18 heavy (non-hydrogen) atoms. The average Bonchev–Trinajstić information content (AvgIpc) is 2.78. The van der Waals surface area contributed by atoms with Crippen molar-refractivity contribution < 1.29 is 9.59 Å². The van der Waals surface area contributed by atoms with Gasteiger partial charge in [0.15, 0.2) is 0 Å². The van der Waals surface area contributed by atoms with Gasteiger partial charge < -0.3 is 15.6 Å². The quantitative estimate of drug-likeness (QED) is 0.677. The standard InChI is InChI=1S/C12H20N4O2/c1-8(2)11(16-9(3)17)12(18)14-5-4-10-6-13-7-15-10/h6-8,11H,4-5H2,1-3H3,(H,13,15)(H,14,18)(H,16,17). The summed E-state index contributed by atoms with van der Waals surface area (Å²) < 4.78 is 0. The van der Waals surface area contributed by atoms with Crippen molar-refractivity contribution in [2.24, 2.45) is 5.92 Å². The van der Waals surface area contributed by atoms with Crippen LogP contribution in [-0.4, -0.2) is 34.4 Å². The lowest BCUT2D eigenvalue weighted by Gasteiger charge is -2.20. The summed E-state index contributed by atoms with van der Waals surface area (Å²) in [6.45, 7) is 5.72. The van der Waals surface area contributed by atoms with Gasteiger partial charge in [-0.05, 0) is 5.92 Å². The Morgan fingerprint density at radius 3 is 2.67 bits per heavy atom. The first kappa shape index (κ1) is 14.2. The van der Waals surface area contributed by atoms with Crippen LogP contribution in [0.1, 0.15) is 26.5 Å². The van der Waals surface area contributed by atoms with Crippen molar-refractivity contribution in [1.29, 1.82) is 0 Å². The molecule has 0 saturated heterocycles. The second-order valence-electron chi connectivity index (χ2n) is 4.54. The van der Waals surface area contributed by atoms with Gasteiger partial charge in [-0.1, -0.05) is 13.8 Å². The lowest BCUT2D eigenvalue weighted by atomic mass is 10.0. The molecule has 1 heterocycles. The molecule has 1 unspecified atom stereocenters. The second-order valence-corrected chi connectivity index (χ2v) is 4.54. The molecule has 1 atom stereocenters. The number of nitrogens with zero attached hydrogens (tertiary/aromatic N) is 1. The minimum atomic E-state index is -0.482. The van der Waals surface area contributed by atoms with Crippen LogP contribution in [0.15, 0.2) is 12.5 Å². The topological polar surface area (TPSA) is 86.9 Å². The van der Waals surface area contributed by atoms with Gasteiger partial charge in [-0.15, -0.1) is 0 Å². The van der Waals surface area contributed by atoms with Crippen molar-refractivity contribution in [3.63, 3.8) is 0 Å². The SMILES string of the molecule is CC(=O)NC(C(=O)NCCc1cnc[nH]1)C(C)C. The normalized spacial score (nSPS) is 12.2. The van der Waals surface area contributed by atoms with Crippen molar-refractivity contribution in [3.8, 4) is 0 Å². The number of aromatic amines is 1. The third-order valence-electron chi connectivity index (χ3n) is 2.56. The zero-order valence-electron chi connectivity index (χ0n) is 11.0. The summed E-state index contributed by atoms with van der Waals surface area (Å²) >= 11 is 0. The molecule has 0 aromatic carbocycles. The maximum absolute atomic E-state index is 11.9. The van der Waals surface area contributed by atoms with Crippen LogP contribution in [0.3, 0.4) is 0 Å². The first-order valence-corrected chi connectivity index (χ1v) is 6.02. The van der Waals surface area contributed by atoms with Crippen molar-refractivity contribution in [2.75, 3.05) is 6.54 Å². The first-order chi connectivity index (χ1) is 8.50. The molecule has 0 radical (unpaired) electrons. The number of aromatic nitrogens is 2. The number of rotatable bonds is 6. The van der Waals surface area contributed by atoms with Gasteiger partial charge in [0.25, 0.3) is 0 Å². The van der Waals surface area contributed by atoms with E-state index in [0.29, 0.717) is 13.0 Å². The molecule has 6 heteroatoms. The summed E-state index contributed by atoms with van der Waals surface area (Å²) in [6, 6.07) is -0.482. The monoisotopic (exact) mass is 252 g/mol. The highest BCUT2D eigenvalue weighted by Crippen LogP contribution is 2.01. The number of amides is 2. The molecule has 1 aromatic rings. The Hall–Kier alpha value is -1.85. The van der Waals surface area contributed by atoms with Gasteiger partial charge in [-0.3, -0.25) is 9.59 Å². The average molecular weight is 252 g/mol. The summed E-state index contributed by atoms with van der Waals surface area (Å²) in [5, 5.41) is 5.46. The Kier molecular flexibility index (Phi) is 5.35.